The second kappa shape index (κ2) is 10.9. The molecule has 2 rings (SSSR count). The molecule has 0 radical (unpaired) electrons. The molecule has 6 nitrogen and oxygen atoms in total. The SMILES string of the molecule is CC(OC(=O)c1ccccc1SCC(=O)N(C)C)C(=O)NCc1ccccc1Cl. The largest absolute Gasteiger partial charge is 0.449 e. The molecule has 2 amide bonds. The van der Waals surface area contributed by atoms with Gasteiger partial charge in [0.25, 0.3) is 5.91 Å². The topological polar surface area (TPSA) is 75.7 Å². The Hall–Kier alpha value is -2.51. The van der Waals surface area contributed by atoms with Gasteiger partial charge in [0.15, 0.2) is 6.10 Å². The van der Waals surface area contributed by atoms with Crippen LogP contribution in [0.3, 0.4) is 0 Å². The number of nitrogens with one attached hydrogen (secondary N) is 1. The number of carbonyl (C=O) groups is 3. The molecule has 154 valence electrons. The molecule has 0 saturated heterocycles. The van der Waals surface area contributed by atoms with Crippen LogP contribution >= 0.6 is 23.4 Å². The summed E-state index contributed by atoms with van der Waals surface area (Å²) in [6, 6.07) is 14.0. The van der Waals surface area contributed by atoms with Gasteiger partial charge in [-0.3, -0.25) is 9.59 Å². The fourth-order valence-electron chi connectivity index (χ4n) is 2.28. The lowest BCUT2D eigenvalue weighted by Gasteiger charge is -2.15. The second-order valence-corrected chi connectivity index (χ2v) is 7.85. The van der Waals surface area contributed by atoms with Crippen molar-refractivity contribution in [2.24, 2.45) is 0 Å². The van der Waals surface area contributed by atoms with Crippen LogP contribution in [0.4, 0.5) is 0 Å². The fraction of sp³-hybridized carbons (Fsp3) is 0.286. The molecule has 1 N–H and O–H groups in total. The Morgan fingerprint density at radius 2 is 1.76 bits per heavy atom. The summed E-state index contributed by atoms with van der Waals surface area (Å²) < 4.78 is 5.32. The summed E-state index contributed by atoms with van der Waals surface area (Å²) in [5.74, 6) is -0.909. The predicted octanol–water partition coefficient (Wildman–Crippen LogP) is 3.38. The number of carbonyl (C=O) groups excluding carboxylic acids is 3. The van der Waals surface area contributed by atoms with E-state index in [2.05, 4.69) is 5.32 Å². The number of benzene rings is 2. The van der Waals surface area contributed by atoms with Crippen LogP contribution in [0.2, 0.25) is 5.02 Å². The van der Waals surface area contributed by atoms with Gasteiger partial charge in [0.2, 0.25) is 5.91 Å². The number of hydrogen-bond donors (Lipinski definition) is 1. The number of amides is 2. The molecular formula is C21H23ClN2O4S. The van der Waals surface area contributed by atoms with Gasteiger partial charge < -0.3 is 15.0 Å². The molecule has 0 saturated carbocycles. The van der Waals surface area contributed by atoms with Crippen molar-refractivity contribution in [3.63, 3.8) is 0 Å². The van der Waals surface area contributed by atoms with Crippen molar-refractivity contribution >= 4 is 41.1 Å². The van der Waals surface area contributed by atoms with Crippen molar-refractivity contribution in [1.82, 2.24) is 10.2 Å². The maximum absolute atomic E-state index is 12.6. The van der Waals surface area contributed by atoms with E-state index in [9.17, 15) is 14.4 Å². The van der Waals surface area contributed by atoms with E-state index < -0.39 is 18.0 Å². The monoisotopic (exact) mass is 434 g/mol. The van der Waals surface area contributed by atoms with E-state index in [1.165, 1.54) is 23.6 Å². The third-order valence-corrected chi connectivity index (χ3v) is 5.45. The molecule has 2 aromatic carbocycles. The fourth-order valence-corrected chi connectivity index (χ4v) is 3.50. The van der Waals surface area contributed by atoms with Gasteiger partial charge in [-0.15, -0.1) is 11.8 Å². The lowest BCUT2D eigenvalue weighted by Crippen LogP contribution is -2.35. The van der Waals surface area contributed by atoms with Gasteiger partial charge in [-0.05, 0) is 30.7 Å². The van der Waals surface area contributed by atoms with Gasteiger partial charge in [0.1, 0.15) is 0 Å². The maximum Gasteiger partial charge on any atom is 0.340 e. The molecule has 8 heteroatoms. The van der Waals surface area contributed by atoms with E-state index in [0.717, 1.165) is 5.56 Å². The highest BCUT2D eigenvalue weighted by atomic mass is 35.5. The molecule has 0 bridgehead atoms. The quantitative estimate of drug-likeness (QED) is 0.509. The van der Waals surface area contributed by atoms with Crippen LogP contribution in [0, 0.1) is 0 Å². The Balaban J connectivity index is 1.96. The standard InChI is InChI=1S/C21H23ClN2O4S/c1-14(20(26)23-12-15-8-4-6-10-17(15)22)28-21(27)16-9-5-7-11-18(16)29-13-19(25)24(2)3/h4-11,14H,12-13H2,1-3H3,(H,23,26). The molecule has 0 aliphatic heterocycles. The van der Waals surface area contributed by atoms with Crippen molar-refractivity contribution in [2.45, 2.75) is 24.5 Å². The number of ether oxygens (including phenoxy) is 1. The molecule has 0 fully saturated rings. The molecule has 1 unspecified atom stereocenters. The molecule has 1 atom stereocenters. The number of thioether (sulfide) groups is 1. The summed E-state index contributed by atoms with van der Waals surface area (Å²) in [7, 11) is 3.35. The van der Waals surface area contributed by atoms with E-state index in [-0.39, 0.29) is 18.2 Å². The van der Waals surface area contributed by atoms with Crippen molar-refractivity contribution in [3.8, 4) is 0 Å². The van der Waals surface area contributed by atoms with Gasteiger partial charge in [-0.25, -0.2) is 4.79 Å². The molecule has 0 aliphatic carbocycles. The van der Waals surface area contributed by atoms with Gasteiger partial charge >= 0.3 is 5.97 Å². The summed E-state index contributed by atoms with van der Waals surface area (Å²) in [5, 5.41) is 3.26. The zero-order chi connectivity index (χ0) is 21.4. The maximum atomic E-state index is 12.6. The van der Waals surface area contributed by atoms with Crippen LogP contribution in [0.15, 0.2) is 53.4 Å². The highest BCUT2D eigenvalue weighted by molar-refractivity contribution is 8.00. The Labute approximate surface area is 179 Å². The first-order chi connectivity index (χ1) is 13.8. The van der Waals surface area contributed by atoms with Crippen molar-refractivity contribution in [1.29, 1.82) is 0 Å². The highest BCUT2D eigenvalue weighted by Gasteiger charge is 2.21. The minimum Gasteiger partial charge on any atom is -0.449 e. The first-order valence-electron chi connectivity index (χ1n) is 8.93. The molecule has 0 heterocycles. The lowest BCUT2D eigenvalue weighted by molar-refractivity contribution is -0.129. The van der Waals surface area contributed by atoms with E-state index in [0.29, 0.717) is 15.5 Å². The summed E-state index contributed by atoms with van der Waals surface area (Å²) in [6.07, 6.45) is -0.980. The zero-order valence-corrected chi connectivity index (χ0v) is 18.0. The number of rotatable bonds is 8. The van der Waals surface area contributed by atoms with Gasteiger partial charge in [0.05, 0.1) is 11.3 Å². The van der Waals surface area contributed by atoms with Crippen LogP contribution in [0.1, 0.15) is 22.8 Å². The van der Waals surface area contributed by atoms with Crippen molar-refractivity contribution < 1.29 is 19.1 Å². The number of nitrogens with zero attached hydrogens (tertiary/aromatic N) is 1. The van der Waals surface area contributed by atoms with Crippen molar-refractivity contribution in [2.75, 3.05) is 19.8 Å². The molecule has 0 aromatic heterocycles. The van der Waals surface area contributed by atoms with E-state index in [4.69, 9.17) is 16.3 Å². The highest BCUT2D eigenvalue weighted by Crippen LogP contribution is 2.24. The van der Waals surface area contributed by atoms with Crippen LogP contribution in [0.5, 0.6) is 0 Å². The summed E-state index contributed by atoms with van der Waals surface area (Å²) >= 11 is 7.32. The van der Waals surface area contributed by atoms with Crippen LogP contribution in [-0.2, 0) is 20.9 Å². The molecule has 2 aromatic rings. The van der Waals surface area contributed by atoms with Crippen molar-refractivity contribution in [3.05, 3.63) is 64.7 Å². The zero-order valence-electron chi connectivity index (χ0n) is 16.5. The Morgan fingerprint density at radius 3 is 2.45 bits per heavy atom. The van der Waals surface area contributed by atoms with Gasteiger partial charge in [-0.1, -0.05) is 41.9 Å². The van der Waals surface area contributed by atoms with Gasteiger partial charge in [0, 0.05) is 30.6 Å². The normalized spacial score (nSPS) is 11.4. The minimum atomic E-state index is -0.980. The van der Waals surface area contributed by atoms with Crippen LogP contribution in [0.25, 0.3) is 0 Å². The van der Waals surface area contributed by atoms with E-state index in [1.54, 1.807) is 50.5 Å². The lowest BCUT2D eigenvalue weighted by atomic mass is 10.2. The minimum absolute atomic E-state index is 0.0644. The second-order valence-electron chi connectivity index (χ2n) is 6.43. The smallest absolute Gasteiger partial charge is 0.340 e. The van der Waals surface area contributed by atoms with E-state index >= 15 is 0 Å². The van der Waals surface area contributed by atoms with Crippen LogP contribution < -0.4 is 5.32 Å². The Bertz CT molecular complexity index is 888. The Kier molecular flexibility index (Phi) is 8.54. The molecule has 0 spiro atoms. The molecule has 29 heavy (non-hydrogen) atoms. The number of esters is 1. The summed E-state index contributed by atoms with van der Waals surface area (Å²) in [4.78, 5) is 38.7. The first kappa shape index (κ1) is 22.8. The number of halogens is 1. The third kappa shape index (κ3) is 6.80. The Morgan fingerprint density at radius 1 is 1.10 bits per heavy atom. The number of hydrogen-bond acceptors (Lipinski definition) is 5. The van der Waals surface area contributed by atoms with E-state index in [1.807, 2.05) is 12.1 Å². The van der Waals surface area contributed by atoms with Gasteiger partial charge in [-0.2, -0.15) is 0 Å². The average Bonchev–Trinajstić information content (AvgIpc) is 2.71. The summed E-state index contributed by atoms with van der Waals surface area (Å²) in [5.41, 5.74) is 1.09. The molecular weight excluding hydrogens is 412 g/mol. The summed E-state index contributed by atoms with van der Waals surface area (Å²) in [6.45, 7) is 1.74. The average molecular weight is 435 g/mol. The third-order valence-electron chi connectivity index (χ3n) is 4.02. The first-order valence-corrected chi connectivity index (χ1v) is 10.3. The van der Waals surface area contributed by atoms with Crippen LogP contribution in [-0.4, -0.2) is 48.6 Å². The molecule has 0 aliphatic rings. The predicted molar refractivity (Wildman–Crippen MR) is 114 cm³/mol.